The summed E-state index contributed by atoms with van der Waals surface area (Å²) < 4.78 is 33.6. The van der Waals surface area contributed by atoms with Gasteiger partial charge in [0.25, 0.3) is 0 Å². The smallest absolute Gasteiger partial charge is 0.387 e. The molecule has 1 rings (SSSR count). The van der Waals surface area contributed by atoms with E-state index in [-0.39, 0.29) is 18.2 Å². The molecule has 5 nitrogen and oxygen atoms in total. The number of carbonyl (C=O) groups is 1. The van der Waals surface area contributed by atoms with Crippen molar-refractivity contribution in [2.75, 3.05) is 32.1 Å². The van der Waals surface area contributed by atoms with Crippen LogP contribution >= 0.6 is 0 Å². The maximum Gasteiger partial charge on any atom is 0.387 e. The van der Waals surface area contributed by atoms with Crippen molar-refractivity contribution in [2.24, 2.45) is 0 Å². The normalized spacial score (nSPS) is 10.4. The molecule has 1 aromatic rings. The number of benzene rings is 1. The van der Waals surface area contributed by atoms with E-state index in [1.165, 1.54) is 6.07 Å². The Hall–Kier alpha value is -1.89. The van der Waals surface area contributed by atoms with Gasteiger partial charge in [-0.25, -0.2) is 0 Å². The van der Waals surface area contributed by atoms with E-state index in [1.54, 1.807) is 25.3 Å². The molecule has 2 N–H and O–H groups in total. The zero-order chi connectivity index (χ0) is 14.8. The second kappa shape index (κ2) is 9.08. The predicted molar refractivity (Wildman–Crippen MR) is 71.1 cm³/mol. The van der Waals surface area contributed by atoms with E-state index >= 15 is 0 Å². The van der Waals surface area contributed by atoms with Crippen molar-refractivity contribution in [1.82, 2.24) is 5.32 Å². The van der Waals surface area contributed by atoms with Crippen LogP contribution in [0.2, 0.25) is 0 Å². The lowest BCUT2D eigenvalue weighted by molar-refractivity contribution is -0.119. The van der Waals surface area contributed by atoms with E-state index in [0.29, 0.717) is 25.3 Å². The third-order valence-corrected chi connectivity index (χ3v) is 2.39. The number of para-hydroxylation sites is 2. The maximum absolute atomic E-state index is 12.2. The molecular formula is C13H18F2N2O3. The van der Waals surface area contributed by atoms with E-state index in [9.17, 15) is 13.6 Å². The Kier molecular flexibility index (Phi) is 7.34. The number of ether oxygens (including phenoxy) is 2. The standard InChI is InChI=1S/C13H18F2N2O3/c1-19-8-4-7-16-12(18)9-17-10-5-2-3-6-11(10)20-13(14)15/h2-3,5-6,13,17H,4,7-9H2,1H3,(H,16,18). The van der Waals surface area contributed by atoms with Gasteiger partial charge in [-0.2, -0.15) is 8.78 Å². The number of carbonyl (C=O) groups excluding carboxylic acids is 1. The largest absolute Gasteiger partial charge is 0.433 e. The second-order valence-electron chi connectivity index (χ2n) is 3.92. The van der Waals surface area contributed by atoms with Crippen LogP contribution in [-0.4, -0.2) is 39.3 Å². The van der Waals surface area contributed by atoms with Gasteiger partial charge >= 0.3 is 6.61 Å². The van der Waals surface area contributed by atoms with Gasteiger partial charge in [0.2, 0.25) is 5.91 Å². The van der Waals surface area contributed by atoms with E-state index in [4.69, 9.17) is 4.74 Å². The summed E-state index contributed by atoms with van der Waals surface area (Å²) in [6, 6.07) is 6.21. The summed E-state index contributed by atoms with van der Waals surface area (Å²) >= 11 is 0. The molecule has 0 fully saturated rings. The van der Waals surface area contributed by atoms with E-state index in [2.05, 4.69) is 15.4 Å². The van der Waals surface area contributed by atoms with Gasteiger partial charge < -0.3 is 20.1 Å². The fraction of sp³-hybridized carbons (Fsp3) is 0.462. The minimum absolute atomic E-state index is 0.00897. The molecule has 0 aliphatic carbocycles. The van der Waals surface area contributed by atoms with Gasteiger partial charge in [0.15, 0.2) is 0 Å². The first kappa shape index (κ1) is 16.2. The molecule has 7 heteroatoms. The van der Waals surface area contributed by atoms with Gasteiger partial charge in [0.05, 0.1) is 12.2 Å². The van der Waals surface area contributed by atoms with Gasteiger partial charge in [-0.15, -0.1) is 0 Å². The highest BCUT2D eigenvalue weighted by molar-refractivity contribution is 5.81. The molecule has 0 radical (unpaired) electrons. The number of hydrogen-bond donors (Lipinski definition) is 2. The predicted octanol–water partition coefficient (Wildman–Crippen LogP) is 1.85. The fourth-order valence-electron chi connectivity index (χ4n) is 1.49. The van der Waals surface area contributed by atoms with Gasteiger partial charge in [-0.05, 0) is 18.6 Å². The number of rotatable bonds is 9. The Balaban J connectivity index is 2.39. The lowest BCUT2D eigenvalue weighted by atomic mass is 10.3. The number of amides is 1. The summed E-state index contributed by atoms with van der Waals surface area (Å²) in [6.07, 6.45) is 0.716. The quantitative estimate of drug-likeness (QED) is 0.681. The molecule has 20 heavy (non-hydrogen) atoms. The highest BCUT2D eigenvalue weighted by Crippen LogP contribution is 2.24. The third-order valence-electron chi connectivity index (χ3n) is 2.39. The van der Waals surface area contributed by atoms with Gasteiger partial charge in [-0.1, -0.05) is 12.1 Å². The highest BCUT2D eigenvalue weighted by atomic mass is 19.3. The number of methoxy groups -OCH3 is 1. The summed E-state index contributed by atoms with van der Waals surface area (Å²) in [5.41, 5.74) is 0.347. The van der Waals surface area contributed by atoms with Crippen molar-refractivity contribution in [1.29, 1.82) is 0 Å². The first-order valence-electron chi connectivity index (χ1n) is 6.17. The van der Waals surface area contributed by atoms with Crippen molar-refractivity contribution in [3.8, 4) is 5.75 Å². The number of anilines is 1. The van der Waals surface area contributed by atoms with Gasteiger partial charge in [-0.3, -0.25) is 4.79 Å². The summed E-state index contributed by atoms with van der Waals surface area (Å²) in [4.78, 5) is 11.5. The molecule has 1 amide bonds. The molecule has 0 aliphatic rings. The Labute approximate surface area is 116 Å². The first-order valence-corrected chi connectivity index (χ1v) is 6.17. The number of halogens is 2. The van der Waals surface area contributed by atoms with Crippen LogP contribution in [0.5, 0.6) is 5.75 Å². The summed E-state index contributed by atoms with van der Waals surface area (Å²) in [6.45, 7) is -1.85. The molecule has 0 unspecified atom stereocenters. The van der Waals surface area contributed by atoms with Crippen LogP contribution in [0.1, 0.15) is 6.42 Å². The molecule has 112 valence electrons. The number of alkyl halides is 2. The lowest BCUT2D eigenvalue weighted by Gasteiger charge is -2.12. The van der Waals surface area contributed by atoms with Crippen LogP contribution in [0, 0.1) is 0 Å². The number of hydrogen-bond acceptors (Lipinski definition) is 4. The molecule has 0 heterocycles. The lowest BCUT2D eigenvalue weighted by Crippen LogP contribution is -2.31. The topological polar surface area (TPSA) is 59.6 Å². The van der Waals surface area contributed by atoms with Gasteiger partial charge in [0, 0.05) is 20.3 Å². The average Bonchev–Trinajstić information content (AvgIpc) is 2.42. The van der Waals surface area contributed by atoms with Crippen LogP contribution in [-0.2, 0) is 9.53 Å². The summed E-state index contributed by atoms with van der Waals surface area (Å²) in [5.74, 6) is -0.220. The molecule has 0 bridgehead atoms. The van der Waals surface area contributed by atoms with Crippen molar-refractivity contribution >= 4 is 11.6 Å². The van der Waals surface area contributed by atoms with Crippen molar-refractivity contribution in [3.05, 3.63) is 24.3 Å². The molecule has 0 saturated heterocycles. The summed E-state index contributed by atoms with van der Waals surface area (Å²) in [5, 5.41) is 5.44. The molecule has 0 atom stereocenters. The van der Waals surface area contributed by atoms with Crippen LogP contribution < -0.4 is 15.4 Å². The minimum Gasteiger partial charge on any atom is -0.433 e. The molecule has 0 aliphatic heterocycles. The SMILES string of the molecule is COCCCNC(=O)CNc1ccccc1OC(F)F. The maximum atomic E-state index is 12.2. The zero-order valence-corrected chi connectivity index (χ0v) is 11.2. The van der Waals surface area contributed by atoms with Crippen LogP contribution in [0.3, 0.4) is 0 Å². The molecule has 0 saturated carbocycles. The third kappa shape index (κ3) is 6.33. The Morgan fingerprint density at radius 1 is 1.35 bits per heavy atom. The zero-order valence-electron chi connectivity index (χ0n) is 11.2. The Morgan fingerprint density at radius 3 is 2.80 bits per heavy atom. The summed E-state index contributed by atoms with van der Waals surface area (Å²) in [7, 11) is 1.59. The Bertz CT molecular complexity index is 416. The van der Waals surface area contributed by atoms with E-state index in [0.717, 1.165) is 0 Å². The minimum atomic E-state index is -2.90. The highest BCUT2D eigenvalue weighted by Gasteiger charge is 2.09. The van der Waals surface area contributed by atoms with E-state index in [1.807, 2.05) is 0 Å². The van der Waals surface area contributed by atoms with Crippen molar-refractivity contribution in [2.45, 2.75) is 13.0 Å². The Morgan fingerprint density at radius 2 is 2.10 bits per heavy atom. The second-order valence-corrected chi connectivity index (χ2v) is 3.92. The van der Waals surface area contributed by atoms with E-state index < -0.39 is 6.61 Å². The molecule has 0 spiro atoms. The number of nitrogens with one attached hydrogen (secondary N) is 2. The van der Waals surface area contributed by atoms with Crippen LogP contribution in [0.4, 0.5) is 14.5 Å². The fourth-order valence-corrected chi connectivity index (χ4v) is 1.49. The first-order chi connectivity index (χ1) is 9.63. The van der Waals surface area contributed by atoms with Crippen molar-refractivity contribution < 1.29 is 23.0 Å². The molecule has 1 aromatic carbocycles. The van der Waals surface area contributed by atoms with Gasteiger partial charge in [0.1, 0.15) is 5.75 Å². The van der Waals surface area contributed by atoms with Crippen LogP contribution in [0.15, 0.2) is 24.3 Å². The van der Waals surface area contributed by atoms with Crippen LogP contribution in [0.25, 0.3) is 0 Å². The average molecular weight is 288 g/mol. The van der Waals surface area contributed by atoms with Crippen molar-refractivity contribution in [3.63, 3.8) is 0 Å². The monoisotopic (exact) mass is 288 g/mol. The molecule has 0 aromatic heterocycles. The molecular weight excluding hydrogens is 270 g/mol.